The van der Waals surface area contributed by atoms with Crippen LogP contribution in [0.4, 0.5) is 4.39 Å². The van der Waals surface area contributed by atoms with E-state index in [2.05, 4.69) is 10.3 Å². The third-order valence-electron chi connectivity index (χ3n) is 4.48. The van der Waals surface area contributed by atoms with Gasteiger partial charge < -0.3 is 24.7 Å². The average Bonchev–Trinajstić information content (AvgIpc) is 3.10. The highest BCUT2D eigenvalue weighted by molar-refractivity contribution is 6.43. The molecule has 1 aromatic heterocycles. The first-order valence-corrected chi connectivity index (χ1v) is 8.85. The summed E-state index contributed by atoms with van der Waals surface area (Å²) in [6.07, 6.45) is 1.94. The number of hydrogen-bond donors (Lipinski definition) is 3. The van der Waals surface area contributed by atoms with E-state index in [1.807, 2.05) is 28.8 Å². The first-order chi connectivity index (χ1) is 13.5. The molecule has 0 aliphatic heterocycles. The van der Waals surface area contributed by atoms with E-state index >= 15 is 0 Å². The highest BCUT2D eigenvalue weighted by Crippen LogP contribution is 2.19. The quantitative estimate of drug-likeness (QED) is 0.509. The maximum atomic E-state index is 13.5. The number of carbonyl (C=O) groups is 1. The van der Waals surface area contributed by atoms with Gasteiger partial charge in [-0.05, 0) is 36.2 Å². The lowest BCUT2D eigenvalue weighted by molar-refractivity contribution is -0.121. The van der Waals surface area contributed by atoms with Crippen LogP contribution in [-0.4, -0.2) is 45.7 Å². The molecule has 0 aliphatic carbocycles. The minimum atomic E-state index is -1.76. The fraction of sp³-hybridized carbons (Fsp3) is 0.263. The number of aromatic nitrogens is 2. The first kappa shape index (κ1) is 19.8. The molecule has 0 radical (unpaired) electrons. The molecule has 0 saturated carbocycles. The molecular formula is C19H21BFN3O4. The van der Waals surface area contributed by atoms with E-state index in [1.165, 1.54) is 25.3 Å². The Morgan fingerprint density at radius 1 is 1.32 bits per heavy atom. The Hall–Kier alpha value is -2.91. The van der Waals surface area contributed by atoms with Crippen molar-refractivity contribution in [1.29, 1.82) is 0 Å². The molecule has 1 atom stereocenters. The number of methoxy groups -OCH3 is 1. The molecule has 0 spiro atoms. The highest BCUT2D eigenvalue weighted by atomic mass is 19.1. The summed E-state index contributed by atoms with van der Waals surface area (Å²) in [5.41, 5.74) is 2.38. The molecular weight excluding hydrogens is 364 g/mol. The van der Waals surface area contributed by atoms with Crippen molar-refractivity contribution in [3.8, 4) is 5.75 Å². The van der Waals surface area contributed by atoms with Crippen LogP contribution in [0.2, 0.25) is 0 Å². The number of carbonyl (C=O) groups excluding carboxylic acids is 1. The zero-order valence-corrected chi connectivity index (χ0v) is 15.4. The Labute approximate surface area is 161 Å². The fourth-order valence-corrected chi connectivity index (χ4v) is 3.01. The number of amides is 1. The van der Waals surface area contributed by atoms with Crippen LogP contribution in [0.15, 0.2) is 48.8 Å². The van der Waals surface area contributed by atoms with Crippen LogP contribution in [0.5, 0.6) is 5.75 Å². The van der Waals surface area contributed by atoms with Crippen molar-refractivity contribution in [2.75, 3.05) is 7.11 Å². The number of imidazole rings is 1. The second-order valence-corrected chi connectivity index (χ2v) is 6.44. The summed E-state index contributed by atoms with van der Waals surface area (Å²) >= 11 is 0. The molecule has 9 heteroatoms. The van der Waals surface area contributed by atoms with Gasteiger partial charge in [-0.15, -0.1) is 0 Å². The second-order valence-electron chi connectivity index (χ2n) is 6.44. The molecule has 1 heterocycles. The van der Waals surface area contributed by atoms with Gasteiger partial charge >= 0.3 is 7.12 Å². The van der Waals surface area contributed by atoms with Crippen LogP contribution in [-0.2, 0) is 17.8 Å². The lowest BCUT2D eigenvalue weighted by atomic mass is 9.76. The van der Waals surface area contributed by atoms with E-state index in [0.717, 1.165) is 11.0 Å². The van der Waals surface area contributed by atoms with Crippen LogP contribution < -0.4 is 10.1 Å². The predicted octanol–water partition coefficient (Wildman–Crippen LogP) is 1.31. The van der Waals surface area contributed by atoms with Crippen LogP contribution in [0.25, 0.3) is 11.0 Å². The van der Waals surface area contributed by atoms with Crippen LogP contribution >= 0.6 is 0 Å². The number of nitrogens with one attached hydrogen (secondary N) is 1. The minimum Gasteiger partial charge on any atom is -0.494 e. The fourth-order valence-electron chi connectivity index (χ4n) is 3.01. The maximum absolute atomic E-state index is 13.5. The van der Waals surface area contributed by atoms with Crippen LogP contribution in [0, 0.1) is 5.82 Å². The molecule has 0 aliphatic rings. The number of ether oxygens (including phenoxy) is 1. The van der Waals surface area contributed by atoms with Crippen molar-refractivity contribution >= 4 is 24.1 Å². The van der Waals surface area contributed by atoms with Gasteiger partial charge in [0.15, 0.2) is 11.6 Å². The van der Waals surface area contributed by atoms with E-state index in [-0.39, 0.29) is 24.5 Å². The van der Waals surface area contributed by atoms with Gasteiger partial charge in [0.2, 0.25) is 5.91 Å². The topological polar surface area (TPSA) is 96.6 Å². The number of halogens is 1. The first-order valence-electron chi connectivity index (χ1n) is 8.85. The van der Waals surface area contributed by atoms with E-state index in [1.54, 1.807) is 6.33 Å². The molecule has 146 valence electrons. The molecule has 2 aromatic carbocycles. The highest BCUT2D eigenvalue weighted by Gasteiger charge is 2.26. The standard InChI is InChI=1S/C19H21BFN3O4/c1-28-17-10-13(6-7-14(17)21)11-18(20(26)27)23-19(25)8-9-24-12-22-15-4-2-3-5-16(15)24/h2-7,10,12,18,26-27H,8-9,11H2,1H3,(H,23,25)/t18-/m0/s1. The number of benzene rings is 2. The van der Waals surface area contributed by atoms with Gasteiger partial charge in [-0.3, -0.25) is 4.79 Å². The second kappa shape index (κ2) is 8.86. The summed E-state index contributed by atoms with van der Waals surface area (Å²) in [5.74, 6) is -1.71. The number of aryl methyl sites for hydroxylation is 1. The van der Waals surface area contributed by atoms with Gasteiger partial charge in [0.05, 0.1) is 30.4 Å². The van der Waals surface area contributed by atoms with Crippen molar-refractivity contribution in [3.63, 3.8) is 0 Å². The van der Waals surface area contributed by atoms with E-state index in [4.69, 9.17) is 4.74 Å². The summed E-state index contributed by atoms with van der Waals surface area (Å²) < 4.78 is 20.3. The largest absolute Gasteiger partial charge is 0.494 e. The van der Waals surface area contributed by atoms with Gasteiger partial charge in [0.25, 0.3) is 0 Å². The van der Waals surface area contributed by atoms with Gasteiger partial charge in [-0.1, -0.05) is 18.2 Å². The predicted molar refractivity (Wildman–Crippen MR) is 103 cm³/mol. The normalized spacial score (nSPS) is 12.0. The summed E-state index contributed by atoms with van der Waals surface area (Å²) in [7, 11) is -0.406. The summed E-state index contributed by atoms with van der Waals surface area (Å²) in [4.78, 5) is 16.6. The van der Waals surface area contributed by atoms with Crippen LogP contribution in [0.3, 0.4) is 0 Å². The van der Waals surface area contributed by atoms with Crippen molar-refractivity contribution in [3.05, 3.63) is 60.2 Å². The molecule has 1 amide bonds. The van der Waals surface area contributed by atoms with Gasteiger partial charge in [-0.2, -0.15) is 0 Å². The molecule has 7 nitrogen and oxygen atoms in total. The van der Waals surface area contributed by atoms with Gasteiger partial charge in [0.1, 0.15) is 0 Å². The van der Waals surface area contributed by atoms with Crippen molar-refractivity contribution < 1.29 is 24.0 Å². The smallest absolute Gasteiger partial charge is 0.475 e. The molecule has 0 unspecified atom stereocenters. The Morgan fingerprint density at radius 3 is 2.86 bits per heavy atom. The Bertz CT molecular complexity index is 963. The molecule has 3 aromatic rings. The molecule has 0 fully saturated rings. The van der Waals surface area contributed by atoms with Crippen molar-refractivity contribution in [1.82, 2.24) is 14.9 Å². The lowest BCUT2D eigenvalue weighted by Crippen LogP contribution is -2.48. The molecule has 28 heavy (non-hydrogen) atoms. The van der Waals surface area contributed by atoms with Crippen molar-refractivity contribution in [2.24, 2.45) is 0 Å². The van der Waals surface area contributed by atoms with Crippen LogP contribution in [0.1, 0.15) is 12.0 Å². The molecule has 0 bridgehead atoms. The van der Waals surface area contributed by atoms with Gasteiger partial charge in [0, 0.05) is 13.0 Å². The summed E-state index contributed by atoms with van der Waals surface area (Å²) in [6, 6.07) is 11.8. The summed E-state index contributed by atoms with van der Waals surface area (Å²) in [5, 5.41) is 21.9. The third kappa shape index (κ3) is 4.68. The molecule has 0 saturated heterocycles. The number of para-hydroxylation sites is 2. The third-order valence-corrected chi connectivity index (χ3v) is 4.48. The van der Waals surface area contributed by atoms with E-state index in [9.17, 15) is 19.2 Å². The lowest BCUT2D eigenvalue weighted by Gasteiger charge is -2.18. The number of rotatable bonds is 8. The molecule has 3 rings (SSSR count). The Kier molecular flexibility index (Phi) is 6.28. The molecule has 3 N–H and O–H groups in total. The van der Waals surface area contributed by atoms with E-state index in [0.29, 0.717) is 12.1 Å². The number of nitrogens with zero attached hydrogens (tertiary/aromatic N) is 2. The minimum absolute atomic E-state index is 0.0574. The monoisotopic (exact) mass is 385 g/mol. The average molecular weight is 385 g/mol. The Morgan fingerprint density at radius 2 is 2.11 bits per heavy atom. The number of hydrogen-bond acceptors (Lipinski definition) is 5. The zero-order chi connectivity index (χ0) is 20.1. The summed E-state index contributed by atoms with van der Waals surface area (Å²) in [6.45, 7) is 0.408. The number of fused-ring (bicyclic) bond motifs is 1. The van der Waals surface area contributed by atoms with Crippen molar-refractivity contribution in [2.45, 2.75) is 25.3 Å². The Balaban J connectivity index is 1.61. The van der Waals surface area contributed by atoms with Gasteiger partial charge in [-0.25, -0.2) is 9.37 Å². The maximum Gasteiger partial charge on any atom is 0.475 e. The van der Waals surface area contributed by atoms with E-state index < -0.39 is 18.9 Å². The SMILES string of the molecule is COc1cc(C[C@H](NC(=O)CCn2cnc3ccccc32)B(O)O)ccc1F. The zero-order valence-electron chi connectivity index (χ0n) is 15.4.